The molecule has 2 aromatic heterocycles. The van der Waals surface area contributed by atoms with Gasteiger partial charge >= 0.3 is 0 Å². The third-order valence-corrected chi connectivity index (χ3v) is 5.37. The zero-order valence-corrected chi connectivity index (χ0v) is 13.4. The van der Waals surface area contributed by atoms with E-state index in [2.05, 4.69) is 48.7 Å². The highest BCUT2D eigenvalue weighted by molar-refractivity contribution is 7.17. The summed E-state index contributed by atoms with van der Waals surface area (Å²) in [6.45, 7) is 4.52. The molecule has 3 aromatic rings. The first kappa shape index (κ1) is 13.1. The molecule has 0 saturated carbocycles. The predicted octanol–water partition coefficient (Wildman–Crippen LogP) is 4.75. The Labute approximate surface area is 129 Å². The lowest BCUT2D eigenvalue weighted by Gasteiger charge is -2.05. The Hall–Kier alpha value is -1.61. The molecule has 108 valence electrons. The summed E-state index contributed by atoms with van der Waals surface area (Å²) in [5, 5.41) is 0. The third kappa shape index (κ3) is 2.30. The number of aryl methyl sites for hydroxylation is 2. The number of fused-ring (bicyclic) bond motifs is 3. The van der Waals surface area contributed by atoms with Crippen LogP contribution in [0.3, 0.4) is 0 Å². The van der Waals surface area contributed by atoms with Crippen molar-refractivity contribution in [3.05, 3.63) is 46.6 Å². The maximum atomic E-state index is 4.82. The lowest BCUT2D eigenvalue weighted by Crippen LogP contribution is -1.93. The number of aromatic nitrogens is 2. The molecule has 0 unspecified atom stereocenters. The molecule has 0 spiro atoms. The number of hydrogen-bond donors (Lipinski definition) is 0. The van der Waals surface area contributed by atoms with Gasteiger partial charge in [0.15, 0.2) is 4.96 Å². The highest BCUT2D eigenvalue weighted by Crippen LogP contribution is 2.32. The van der Waals surface area contributed by atoms with E-state index in [9.17, 15) is 0 Å². The Balaban J connectivity index is 1.68. The molecule has 21 heavy (non-hydrogen) atoms. The SMILES string of the molecule is CC(C)Cc1ccc(-c2cn3c4c(sc3n2)CCC4)cc1. The molecule has 0 atom stereocenters. The first-order chi connectivity index (χ1) is 10.2. The van der Waals surface area contributed by atoms with Gasteiger partial charge in [0.05, 0.1) is 5.69 Å². The molecule has 0 N–H and O–H groups in total. The van der Waals surface area contributed by atoms with E-state index in [1.54, 1.807) is 0 Å². The molecule has 0 radical (unpaired) electrons. The molecule has 1 aliphatic rings. The van der Waals surface area contributed by atoms with Crippen LogP contribution in [-0.4, -0.2) is 9.38 Å². The molecular formula is C18H20N2S. The molecule has 3 heteroatoms. The Morgan fingerprint density at radius 1 is 1.19 bits per heavy atom. The van der Waals surface area contributed by atoms with Gasteiger partial charge < -0.3 is 0 Å². The van der Waals surface area contributed by atoms with E-state index in [-0.39, 0.29) is 0 Å². The molecule has 0 amide bonds. The van der Waals surface area contributed by atoms with Crippen molar-refractivity contribution in [2.45, 2.75) is 39.5 Å². The summed E-state index contributed by atoms with van der Waals surface area (Å²) in [6, 6.07) is 8.91. The quantitative estimate of drug-likeness (QED) is 0.681. The van der Waals surface area contributed by atoms with Gasteiger partial charge in [-0.3, -0.25) is 4.40 Å². The van der Waals surface area contributed by atoms with Gasteiger partial charge in [-0.15, -0.1) is 11.3 Å². The smallest absolute Gasteiger partial charge is 0.194 e. The van der Waals surface area contributed by atoms with Crippen LogP contribution in [-0.2, 0) is 19.3 Å². The summed E-state index contributed by atoms with van der Waals surface area (Å²) in [7, 11) is 0. The van der Waals surface area contributed by atoms with Crippen LogP contribution in [0.5, 0.6) is 0 Å². The van der Waals surface area contributed by atoms with Gasteiger partial charge in [0, 0.05) is 22.3 Å². The second-order valence-corrected chi connectivity index (χ2v) is 7.46. The summed E-state index contributed by atoms with van der Waals surface area (Å²) in [5.41, 5.74) is 5.23. The van der Waals surface area contributed by atoms with Crippen LogP contribution in [0.4, 0.5) is 0 Å². The van der Waals surface area contributed by atoms with E-state index in [4.69, 9.17) is 4.98 Å². The summed E-state index contributed by atoms with van der Waals surface area (Å²) in [6.07, 6.45) is 7.11. The standard InChI is InChI=1S/C18H20N2S/c1-12(2)10-13-6-8-14(9-7-13)15-11-20-16-4-3-5-17(16)21-18(20)19-15/h6-9,11-12H,3-5,10H2,1-2H3. The fourth-order valence-electron chi connectivity index (χ4n) is 3.23. The highest BCUT2D eigenvalue weighted by Gasteiger charge is 2.19. The summed E-state index contributed by atoms with van der Waals surface area (Å²) in [5.74, 6) is 0.705. The molecule has 2 heterocycles. The van der Waals surface area contributed by atoms with Gasteiger partial charge in [-0.25, -0.2) is 4.98 Å². The topological polar surface area (TPSA) is 17.3 Å². The van der Waals surface area contributed by atoms with Crippen LogP contribution in [0.2, 0.25) is 0 Å². The molecule has 0 bridgehead atoms. The Kier molecular flexibility index (Phi) is 3.11. The van der Waals surface area contributed by atoms with E-state index >= 15 is 0 Å². The minimum atomic E-state index is 0.705. The van der Waals surface area contributed by atoms with E-state index in [1.165, 1.54) is 41.0 Å². The zero-order chi connectivity index (χ0) is 14.4. The average molecular weight is 296 g/mol. The maximum absolute atomic E-state index is 4.82. The number of nitrogens with zero attached hydrogens (tertiary/aromatic N) is 2. The van der Waals surface area contributed by atoms with Crippen molar-refractivity contribution < 1.29 is 0 Å². The summed E-state index contributed by atoms with van der Waals surface area (Å²) < 4.78 is 2.31. The number of rotatable bonds is 3. The van der Waals surface area contributed by atoms with Crippen molar-refractivity contribution in [3.63, 3.8) is 0 Å². The number of imidazole rings is 1. The van der Waals surface area contributed by atoms with Crippen molar-refractivity contribution in [3.8, 4) is 11.3 Å². The minimum Gasteiger partial charge on any atom is -0.294 e. The van der Waals surface area contributed by atoms with Gasteiger partial charge in [-0.2, -0.15) is 0 Å². The van der Waals surface area contributed by atoms with Gasteiger partial charge in [0.2, 0.25) is 0 Å². The monoisotopic (exact) mass is 296 g/mol. The maximum Gasteiger partial charge on any atom is 0.194 e. The molecule has 4 rings (SSSR count). The van der Waals surface area contributed by atoms with Crippen molar-refractivity contribution in [2.75, 3.05) is 0 Å². The van der Waals surface area contributed by atoms with E-state index in [0.717, 1.165) is 17.1 Å². The molecule has 0 fully saturated rings. The fourth-order valence-corrected chi connectivity index (χ4v) is 4.42. The van der Waals surface area contributed by atoms with Crippen LogP contribution in [0.25, 0.3) is 16.2 Å². The Morgan fingerprint density at radius 3 is 2.76 bits per heavy atom. The van der Waals surface area contributed by atoms with Crippen LogP contribution in [0.1, 0.15) is 36.4 Å². The van der Waals surface area contributed by atoms with E-state index < -0.39 is 0 Å². The molecule has 2 nitrogen and oxygen atoms in total. The second kappa shape index (κ2) is 4.99. The Morgan fingerprint density at radius 2 is 2.00 bits per heavy atom. The van der Waals surface area contributed by atoms with Gasteiger partial charge in [-0.1, -0.05) is 38.1 Å². The van der Waals surface area contributed by atoms with Crippen molar-refractivity contribution in [1.82, 2.24) is 9.38 Å². The summed E-state index contributed by atoms with van der Waals surface area (Å²) >= 11 is 1.87. The lowest BCUT2D eigenvalue weighted by atomic mass is 10.0. The lowest BCUT2D eigenvalue weighted by molar-refractivity contribution is 0.647. The molecule has 0 aliphatic heterocycles. The summed E-state index contributed by atoms with van der Waals surface area (Å²) in [4.78, 5) is 7.51. The molecule has 0 saturated heterocycles. The zero-order valence-electron chi connectivity index (χ0n) is 12.6. The molecule has 1 aliphatic carbocycles. The van der Waals surface area contributed by atoms with Crippen molar-refractivity contribution in [2.24, 2.45) is 5.92 Å². The van der Waals surface area contributed by atoms with Crippen molar-refractivity contribution >= 4 is 16.3 Å². The minimum absolute atomic E-state index is 0.705. The van der Waals surface area contributed by atoms with Crippen LogP contribution in [0.15, 0.2) is 30.5 Å². The van der Waals surface area contributed by atoms with Gasteiger partial charge in [0.25, 0.3) is 0 Å². The van der Waals surface area contributed by atoms with Crippen LogP contribution >= 0.6 is 11.3 Å². The van der Waals surface area contributed by atoms with Crippen LogP contribution in [0, 0.1) is 5.92 Å². The normalized spacial score (nSPS) is 14.2. The van der Waals surface area contributed by atoms with Crippen molar-refractivity contribution in [1.29, 1.82) is 0 Å². The third-order valence-electron chi connectivity index (χ3n) is 4.21. The number of thiazole rings is 1. The Bertz CT molecular complexity index is 778. The average Bonchev–Trinajstić information content (AvgIpc) is 3.10. The molecular weight excluding hydrogens is 276 g/mol. The molecule has 1 aromatic carbocycles. The first-order valence-corrected chi connectivity index (χ1v) is 8.61. The fraction of sp³-hybridized carbons (Fsp3) is 0.389. The highest BCUT2D eigenvalue weighted by atomic mass is 32.1. The number of hydrogen-bond acceptors (Lipinski definition) is 2. The number of benzene rings is 1. The first-order valence-electron chi connectivity index (χ1n) is 7.79. The van der Waals surface area contributed by atoms with Gasteiger partial charge in [0.1, 0.15) is 0 Å². The second-order valence-electron chi connectivity index (χ2n) is 6.40. The van der Waals surface area contributed by atoms with Crippen LogP contribution < -0.4 is 0 Å². The van der Waals surface area contributed by atoms with Gasteiger partial charge in [-0.05, 0) is 37.2 Å². The predicted molar refractivity (Wildman–Crippen MR) is 89.1 cm³/mol. The van der Waals surface area contributed by atoms with E-state index in [1.807, 2.05) is 11.3 Å². The largest absolute Gasteiger partial charge is 0.294 e. The van der Waals surface area contributed by atoms with E-state index in [0.29, 0.717) is 5.92 Å².